The monoisotopic (exact) mass is 513 g/mol. The number of aryl methyl sites for hydroxylation is 1. The first-order valence-corrected chi connectivity index (χ1v) is 12.3. The largest absolute Gasteiger partial charge is 0.387 e. The Morgan fingerprint density at radius 3 is 2.39 bits per heavy atom. The molecule has 0 saturated carbocycles. The molecule has 4 N–H and O–H groups in total. The molecule has 2 aliphatic rings. The molecule has 2 aliphatic heterocycles. The highest BCUT2D eigenvalue weighted by molar-refractivity contribution is 7.99. The molecule has 0 radical (unpaired) electrons. The second-order valence-electron chi connectivity index (χ2n) is 8.73. The molecule has 4 atom stereocenters. The van der Waals surface area contributed by atoms with Crippen LogP contribution in [-0.4, -0.2) is 44.1 Å². The Labute approximate surface area is 208 Å². The highest BCUT2D eigenvalue weighted by Crippen LogP contribution is 2.44. The average molecular weight is 514 g/mol. The van der Waals surface area contributed by atoms with Gasteiger partial charge in [0.2, 0.25) is 12.1 Å². The number of amides is 1. The summed E-state index contributed by atoms with van der Waals surface area (Å²) in [5, 5.41) is 24.3. The number of hydrogen-bond acceptors (Lipinski definition) is 7. The predicted octanol–water partition coefficient (Wildman–Crippen LogP) is 1.56. The van der Waals surface area contributed by atoms with Crippen LogP contribution >= 0.6 is 11.8 Å². The highest BCUT2D eigenvalue weighted by atomic mass is 32.2. The maximum Gasteiger partial charge on any atom is 0.332 e. The number of carbonyl (C=O) groups is 1. The zero-order valence-electron chi connectivity index (χ0n) is 19.2. The van der Waals surface area contributed by atoms with Gasteiger partial charge in [-0.25, -0.2) is 13.8 Å². The lowest BCUT2D eigenvalue weighted by Gasteiger charge is -2.29. The van der Waals surface area contributed by atoms with Crippen molar-refractivity contribution < 1.29 is 24.1 Å². The minimum Gasteiger partial charge on any atom is -0.387 e. The second kappa shape index (κ2) is 9.32. The van der Waals surface area contributed by atoms with Crippen LogP contribution in [-0.2, 0) is 21.9 Å². The predicted molar refractivity (Wildman–Crippen MR) is 128 cm³/mol. The molecular weight excluding hydrogens is 489 g/mol. The van der Waals surface area contributed by atoms with E-state index in [2.05, 4.69) is 5.32 Å². The molecule has 5 rings (SSSR count). The quantitative estimate of drug-likeness (QED) is 0.407. The van der Waals surface area contributed by atoms with Crippen molar-refractivity contribution in [1.29, 1.82) is 0 Å². The lowest BCUT2D eigenvalue weighted by atomic mass is 9.97. The summed E-state index contributed by atoms with van der Waals surface area (Å²) in [7, 11) is 0. The van der Waals surface area contributed by atoms with Crippen molar-refractivity contribution in [3.8, 4) is 0 Å². The number of fused-ring (bicyclic) bond motifs is 2. The number of benzene rings is 2. The summed E-state index contributed by atoms with van der Waals surface area (Å²) < 4.78 is 21.0. The minimum absolute atomic E-state index is 0.113. The number of aromatic amines is 1. The smallest absolute Gasteiger partial charge is 0.332 e. The number of alkyl halides is 1. The van der Waals surface area contributed by atoms with E-state index in [0.717, 1.165) is 27.1 Å². The number of nitrogens with one attached hydrogen (secondary N) is 2. The summed E-state index contributed by atoms with van der Waals surface area (Å²) in [5.74, 6) is -3.43. The van der Waals surface area contributed by atoms with Crippen molar-refractivity contribution >= 4 is 17.7 Å². The molecule has 2 aromatic carbocycles. The maximum atomic E-state index is 15.1. The topological polar surface area (TPSA) is 134 Å². The van der Waals surface area contributed by atoms with Gasteiger partial charge in [0, 0.05) is 21.6 Å². The highest BCUT2D eigenvalue weighted by Gasteiger charge is 2.57. The fraction of sp³-hybridized carbons (Fsp3) is 0.320. The molecular formula is C25H24FN3O6S. The standard InChI is InChI=1S/C25H24FN3O6S/c1-2-13-12-29(24(33)28-23(13)32)25(34)22(26)21(31)16(35-25)11-19(30)27-20-14-7-3-5-9-17(14)36-18-10-6-4-8-15(18)20/h3-10,12,16,20-22,31,34H,2,11H2,1H3,(H,27,30)(H,28,32,33)/t16-,21-,22?,25-/m1/s1. The molecule has 3 aromatic rings. The Kier molecular flexibility index (Phi) is 6.33. The van der Waals surface area contributed by atoms with E-state index in [9.17, 15) is 24.6 Å². The third-order valence-corrected chi connectivity index (χ3v) is 7.66. The van der Waals surface area contributed by atoms with Crippen LogP contribution < -0.4 is 16.6 Å². The fourth-order valence-corrected chi connectivity index (χ4v) is 5.73. The Morgan fingerprint density at radius 2 is 1.78 bits per heavy atom. The third-order valence-electron chi connectivity index (χ3n) is 6.48. The molecule has 1 unspecified atom stereocenters. The molecule has 11 heteroatoms. The van der Waals surface area contributed by atoms with Crippen molar-refractivity contribution in [2.75, 3.05) is 0 Å². The lowest BCUT2D eigenvalue weighted by molar-refractivity contribution is -0.277. The van der Waals surface area contributed by atoms with Gasteiger partial charge in [0.05, 0.1) is 12.5 Å². The van der Waals surface area contributed by atoms with E-state index in [0.29, 0.717) is 4.57 Å². The maximum absolute atomic E-state index is 15.1. The summed E-state index contributed by atoms with van der Waals surface area (Å²) in [4.78, 5) is 41.2. The zero-order valence-corrected chi connectivity index (χ0v) is 20.0. The molecule has 0 spiro atoms. The van der Waals surface area contributed by atoms with Gasteiger partial charge in [0.15, 0.2) is 0 Å². The number of nitrogens with zero attached hydrogens (tertiary/aromatic N) is 1. The molecule has 3 heterocycles. The number of carbonyl (C=O) groups excluding carboxylic acids is 1. The first kappa shape index (κ1) is 24.4. The van der Waals surface area contributed by atoms with Gasteiger partial charge in [-0.3, -0.25) is 14.6 Å². The van der Waals surface area contributed by atoms with Gasteiger partial charge >= 0.3 is 5.69 Å². The zero-order chi connectivity index (χ0) is 25.6. The molecule has 9 nitrogen and oxygen atoms in total. The van der Waals surface area contributed by atoms with Gasteiger partial charge in [-0.1, -0.05) is 55.1 Å². The van der Waals surface area contributed by atoms with E-state index in [1.54, 1.807) is 18.7 Å². The van der Waals surface area contributed by atoms with Gasteiger partial charge in [0.1, 0.15) is 12.2 Å². The van der Waals surface area contributed by atoms with Crippen LogP contribution in [0.5, 0.6) is 0 Å². The molecule has 188 valence electrons. The van der Waals surface area contributed by atoms with Crippen LogP contribution in [0.4, 0.5) is 4.39 Å². The number of aliphatic hydroxyl groups excluding tert-OH is 1. The van der Waals surface area contributed by atoms with Crippen LogP contribution in [0, 0.1) is 0 Å². The van der Waals surface area contributed by atoms with E-state index in [4.69, 9.17) is 4.74 Å². The lowest BCUT2D eigenvalue weighted by Crippen LogP contribution is -2.50. The summed E-state index contributed by atoms with van der Waals surface area (Å²) in [5.41, 5.74) is 0.136. The van der Waals surface area contributed by atoms with Crippen LogP contribution in [0.15, 0.2) is 74.1 Å². The van der Waals surface area contributed by atoms with E-state index >= 15 is 4.39 Å². The van der Waals surface area contributed by atoms with Gasteiger partial charge in [-0.15, -0.1) is 0 Å². The number of rotatable bonds is 5. The molecule has 36 heavy (non-hydrogen) atoms. The average Bonchev–Trinajstić information content (AvgIpc) is 3.07. The minimum atomic E-state index is -2.89. The van der Waals surface area contributed by atoms with Crippen LogP contribution in [0.3, 0.4) is 0 Å². The van der Waals surface area contributed by atoms with Gasteiger partial charge < -0.3 is 20.3 Å². The summed E-state index contributed by atoms with van der Waals surface area (Å²) in [6, 6.07) is 14.8. The summed E-state index contributed by atoms with van der Waals surface area (Å²) in [6.07, 6.45) is -5.06. The van der Waals surface area contributed by atoms with Crippen molar-refractivity contribution in [3.63, 3.8) is 0 Å². The summed E-state index contributed by atoms with van der Waals surface area (Å²) in [6.45, 7) is 1.65. The van der Waals surface area contributed by atoms with Crippen molar-refractivity contribution in [3.05, 3.63) is 92.3 Å². The Morgan fingerprint density at radius 1 is 1.17 bits per heavy atom. The van der Waals surface area contributed by atoms with Crippen LogP contribution in [0.25, 0.3) is 0 Å². The van der Waals surface area contributed by atoms with E-state index < -0.39 is 53.9 Å². The van der Waals surface area contributed by atoms with Crippen LogP contribution in [0.1, 0.15) is 36.1 Å². The first-order valence-electron chi connectivity index (χ1n) is 11.5. The van der Waals surface area contributed by atoms with Gasteiger partial charge in [0.25, 0.3) is 11.5 Å². The Balaban J connectivity index is 1.39. The van der Waals surface area contributed by atoms with Gasteiger partial charge in [-0.2, -0.15) is 0 Å². The molecule has 0 bridgehead atoms. The van der Waals surface area contributed by atoms with E-state index in [1.165, 1.54) is 0 Å². The van der Waals surface area contributed by atoms with E-state index in [1.807, 2.05) is 53.5 Å². The fourth-order valence-electron chi connectivity index (χ4n) is 4.59. The number of ether oxygens (including phenoxy) is 1. The molecule has 1 fully saturated rings. The van der Waals surface area contributed by atoms with Crippen molar-refractivity contribution in [1.82, 2.24) is 14.9 Å². The molecule has 1 amide bonds. The Hall–Kier alpha value is -3.25. The summed E-state index contributed by atoms with van der Waals surface area (Å²) >= 11 is 1.59. The third kappa shape index (κ3) is 4.07. The number of hydrogen-bond donors (Lipinski definition) is 4. The second-order valence-corrected chi connectivity index (χ2v) is 9.81. The van der Waals surface area contributed by atoms with E-state index in [-0.39, 0.29) is 12.0 Å². The normalized spacial score (nSPS) is 25.3. The SMILES string of the molecule is CCc1cn([C@]2(O)O[C@H](CC(=O)NC3c4ccccc4Sc4ccccc43)[C@@H](O)C2F)c(=O)[nH]c1=O. The van der Waals surface area contributed by atoms with Crippen molar-refractivity contribution in [2.45, 2.75) is 59.9 Å². The number of aliphatic hydroxyl groups is 2. The first-order chi connectivity index (χ1) is 17.2. The number of aromatic nitrogens is 2. The number of halogens is 1. The number of H-pyrrole nitrogens is 1. The molecule has 1 saturated heterocycles. The molecule has 0 aliphatic carbocycles. The van der Waals surface area contributed by atoms with Crippen molar-refractivity contribution in [2.24, 2.45) is 0 Å². The van der Waals surface area contributed by atoms with Crippen LogP contribution in [0.2, 0.25) is 0 Å². The van der Waals surface area contributed by atoms with Gasteiger partial charge in [-0.05, 0) is 29.7 Å². The molecule has 1 aromatic heterocycles. The Bertz CT molecular complexity index is 1400.